The Balaban J connectivity index is 2.72. The van der Waals surface area contributed by atoms with Crippen LogP contribution in [0.1, 0.15) is 6.42 Å². The Morgan fingerprint density at radius 3 is 2.73 bits per heavy atom. The van der Waals surface area contributed by atoms with E-state index < -0.39 is 12.2 Å². The molecule has 0 aliphatic heterocycles. The molecule has 62 valence electrons. The molecule has 0 saturated heterocycles. The first kappa shape index (κ1) is 8.90. The highest BCUT2D eigenvalue weighted by atomic mass is 79.9. The van der Waals surface area contributed by atoms with E-state index in [4.69, 9.17) is 10.2 Å². The van der Waals surface area contributed by atoms with Gasteiger partial charge in [0, 0.05) is 10.4 Å². The highest BCUT2D eigenvalue weighted by molar-refractivity contribution is 9.11. The van der Waals surface area contributed by atoms with E-state index in [9.17, 15) is 4.39 Å². The first-order valence-electron chi connectivity index (χ1n) is 3.20. The van der Waals surface area contributed by atoms with Crippen molar-refractivity contribution in [2.24, 2.45) is 5.92 Å². The topological polar surface area (TPSA) is 40.5 Å². The summed E-state index contributed by atoms with van der Waals surface area (Å²) in [4.78, 5) is 0. The first-order chi connectivity index (χ1) is 5.11. The van der Waals surface area contributed by atoms with Crippen LogP contribution in [0.25, 0.3) is 0 Å². The van der Waals surface area contributed by atoms with E-state index in [0.29, 0.717) is 10.9 Å². The second-order valence-corrected chi connectivity index (χ2v) is 3.29. The minimum Gasteiger partial charge on any atom is -0.368 e. The van der Waals surface area contributed by atoms with Crippen molar-refractivity contribution < 1.29 is 14.6 Å². The first-order valence-corrected chi connectivity index (χ1v) is 3.99. The third-order valence-corrected chi connectivity index (χ3v) is 2.37. The monoisotopic (exact) mass is 222 g/mol. The SMILES string of the molecule is OC(O)C1CC=C(F)C=C1Br. The fourth-order valence-electron chi connectivity index (χ4n) is 0.914. The molecular weight excluding hydrogens is 215 g/mol. The highest BCUT2D eigenvalue weighted by Crippen LogP contribution is 2.30. The van der Waals surface area contributed by atoms with Crippen LogP contribution in [-0.4, -0.2) is 16.5 Å². The Bertz CT molecular complexity index is 210. The summed E-state index contributed by atoms with van der Waals surface area (Å²) in [5, 5.41) is 17.5. The molecule has 11 heavy (non-hydrogen) atoms. The third-order valence-electron chi connectivity index (χ3n) is 1.56. The zero-order valence-corrected chi connectivity index (χ0v) is 7.25. The third kappa shape index (κ3) is 2.12. The molecule has 0 bridgehead atoms. The molecule has 0 aromatic rings. The highest BCUT2D eigenvalue weighted by Gasteiger charge is 2.21. The van der Waals surface area contributed by atoms with Crippen LogP contribution in [-0.2, 0) is 0 Å². The lowest BCUT2D eigenvalue weighted by molar-refractivity contribution is -0.0703. The molecule has 0 aromatic heterocycles. The van der Waals surface area contributed by atoms with E-state index in [1.54, 1.807) is 0 Å². The van der Waals surface area contributed by atoms with Gasteiger partial charge in [-0.15, -0.1) is 0 Å². The van der Waals surface area contributed by atoms with Crippen molar-refractivity contribution in [3.63, 3.8) is 0 Å². The van der Waals surface area contributed by atoms with E-state index in [2.05, 4.69) is 15.9 Å². The summed E-state index contributed by atoms with van der Waals surface area (Å²) in [5.41, 5.74) is 0. The number of rotatable bonds is 1. The molecule has 0 heterocycles. The van der Waals surface area contributed by atoms with E-state index in [0.717, 1.165) is 0 Å². The molecule has 0 amide bonds. The van der Waals surface area contributed by atoms with E-state index >= 15 is 0 Å². The smallest absolute Gasteiger partial charge is 0.159 e. The summed E-state index contributed by atoms with van der Waals surface area (Å²) >= 11 is 3.06. The van der Waals surface area contributed by atoms with Crippen LogP contribution < -0.4 is 0 Å². The summed E-state index contributed by atoms with van der Waals surface area (Å²) in [7, 11) is 0. The van der Waals surface area contributed by atoms with Gasteiger partial charge in [-0.1, -0.05) is 15.9 Å². The fraction of sp³-hybridized carbons (Fsp3) is 0.429. The minimum atomic E-state index is -1.43. The zero-order valence-electron chi connectivity index (χ0n) is 5.67. The fourth-order valence-corrected chi connectivity index (χ4v) is 1.56. The minimum absolute atomic E-state index is 0.320. The normalized spacial score (nSPS) is 25.0. The van der Waals surface area contributed by atoms with Gasteiger partial charge in [-0.3, -0.25) is 0 Å². The van der Waals surface area contributed by atoms with Gasteiger partial charge in [-0.2, -0.15) is 0 Å². The second kappa shape index (κ2) is 3.47. The Kier molecular flexibility index (Phi) is 2.81. The molecule has 1 aliphatic carbocycles. The summed E-state index contributed by atoms with van der Waals surface area (Å²) in [5.74, 6) is -0.761. The molecule has 2 nitrogen and oxygen atoms in total. The zero-order chi connectivity index (χ0) is 8.43. The van der Waals surface area contributed by atoms with Crippen molar-refractivity contribution >= 4 is 15.9 Å². The molecule has 0 saturated carbocycles. The van der Waals surface area contributed by atoms with E-state index in [-0.39, 0.29) is 5.83 Å². The van der Waals surface area contributed by atoms with Gasteiger partial charge in [0.2, 0.25) is 0 Å². The molecule has 2 N–H and O–H groups in total. The standard InChI is InChI=1S/C7H8BrFO2/c8-6-3-4(9)1-2-5(6)7(10)11/h1,3,5,7,10-11H,2H2. The van der Waals surface area contributed by atoms with Gasteiger partial charge in [-0.25, -0.2) is 4.39 Å². The van der Waals surface area contributed by atoms with Crippen molar-refractivity contribution in [3.8, 4) is 0 Å². The van der Waals surface area contributed by atoms with Crippen LogP contribution in [0.4, 0.5) is 4.39 Å². The molecule has 4 heteroatoms. The number of hydrogen-bond acceptors (Lipinski definition) is 2. The van der Waals surface area contributed by atoms with Crippen LogP contribution in [0.5, 0.6) is 0 Å². The molecule has 0 spiro atoms. The number of allylic oxidation sites excluding steroid dienone is 3. The molecule has 1 aliphatic rings. The Morgan fingerprint density at radius 2 is 2.27 bits per heavy atom. The molecule has 0 aromatic carbocycles. The quantitative estimate of drug-likeness (QED) is 0.660. The molecule has 0 fully saturated rings. The van der Waals surface area contributed by atoms with Crippen molar-refractivity contribution in [3.05, 3.63) is 22.5 Å². The summed E-state index contributed by atoms with van der Waals surface area (Å²) in [6.45, 7) is 0. The average Bonchev–Trinajstić information content (AvgIpc) is 1.85. The van der Waals surface area contributed by atoms with E-state index in [1.165, 1.54) is 12.2 Å². The largest absolute Gasteiger partial charge is 0.368 e. The average molecular weight is 223 g/mol. The van der Waals surface area contributed by atoms with Gasteiger partial charge in [0.05, 0.1) is 0 Å². The van der Waals surface area contributed by atoms with Crippen LogP contribution >= 0.6 is 15.9 Å². The predicted molar refractivity (Wildman–Crippen MR) is 42.5 cm³/mol. The molecule has 0 radical (unpaired) electrons. The molecule has 1 atom stereocenters. The van der Waals surface area contributed by atoms with Gasteiger partial charge in [0.25, 0.3) is 0 Å². The number of aliphatic hydroxyl groups is 2. The maximum Gasteiger partial charge on any atom is 0.159 e. The summed E-state index contributed by atoms with van der Waals surface area (Å²) in [6.07, 6.45) is 1.47. The number of halogens is 2. The van der Waals surface area contributed by atoms with Gasteiger partial charge in [-0.05, 0) is 18.6 Å². The molecular formula is C7H8BrFO2. The van der Waals surface area contributed by atoms with Crippen molar-refractivity contribution in [1.82, 2.24) is 0 Å². The predicted octanol–water partition coefficient (Wildman–Crippen LogP) is 1.45. The summed E-state index contributed by atoms with van der Waals surface area (Å²) < 4.78 is 13.0. The van der Waals surface area contributed by atoms with Crippen LogP contribution in [0.3, 0.4) is 0 Å². The van der Waals surface area contributed by atoms with Crippen molar-refractivity contribution in [1.29, 1.82) is 0 Å². The maximum absolute atomic E-state index is 12.5. The lowest BCUT2D eigenvalue weighted by Crippen LogP contribution is -2.20. The van der Waals surface area contributed by atoms with Gasteiger partial charge in [0.15, 0.2) is 6.29 Å². The lowest BCUT2D eigenvalue weighted by Gasteiger charge is -2.19. The maximum atomic E-state index is 12.5. The van der Waals surface area contributed by atoms with Crippen LogP contribution in [0.2, 0.25) is 0 Å². The Morgan fingerprint density at radius 1 is 1.64 bits per heavy atom. The van der Waals surface area contributed by atoms with Crippen LogP contribution in [0, 0.1) is 5.92 Å². The van der Waals surface area contributed by atoms with E-state index in [1.807, 2.05) is 0 Å². The summed E-state index contributed by atoms with van der Waals surface area (Å²) in [6, 6.07) is 0. The van der Waals surface area contributed by atoms with Gasteiger partial charge >= 0.3 is 0 Å². The molecule has 1 rings (SSSR count). The Labute approximate surface area is 72.2 Å². The van der Waals surface area contributed by atoms with Gasteiger partial charge < -0.3 is 10.2 Å². The van der Waals surface area contributed by atoms with Gasteiger partial charge in [0.1, 0.15) is 5.83 Å². The second-order valence-electron chi connectivity index (χ2n) is 2.37. The lowest BCUT2D eigenvalue weighted by atomic mass is 10.00. The van der Waals surface area contributed by atoms with Crippen LogP contribution in [0.15, 0.2) is 22.5 Å². The Hall–Kier alpha value is -0.190. The van der Waals surface area contributed by atoms with Crippen molar-refractivity contribution in [2.75, 3.05) is 0 Å². The molecule has 1 unspecified atom stereocenters. The number of aliphatic hydroxyl groups excluding tert-OH is 1. The van der Waals surface area contributed by atoms with Crippen molar-refractivity contribution in [2.45, 2.75) is 12.7 Å². The number of hydrogen-bond donors (Lipinski definition) is 2.